The molecule has 0 amide bonds. The summed E-state index contributed by atoms with van der Waals surface area (Å²) in [6.07, 6.45) is 0. The average Bonchev–Trinajstić information content (AvgIpc) is 2.62. The first-order valence-electron chi connectivity index (χ1n) is 8.37. The molecule has 0 N–H and O–H groups in total. The first-order valence-corrected chi connectivity index (χ1v) is 8.37. The molecule has 2 aromatic carbocycles. The molecular weight excluding hydrogens is 300 g/mol. The molecule has 24 heavy (non-hydrogen) atoms. The third-order valence-electron chi connectivity index (χ3n) is 4.52. The van der Waals surface area contributed by atoms with Crippen molar-refractivity contribution in [3.05, 3.63) is 65.2 Å². The topological polar surface area (TPSA) is 32.8 Å². The first kappa shape index (κ1) is 16.5. The number of aryl methyl sites for hydroxylation is 1. The minimum Gasteiger partial charge on any atom is -0.465 e. The van der Waals surface area contributed by atoms with Crippen LogP contribution < -0.4 is 4.90 Å². The number of rotatable bonds is 4. The van der Waals surface area contributed by atoms with Crippen molar-refractivity contribution >= 4 is 11.7 Å². The molecule has 0 radical (unpaired) electrons. The Morgan fingerprint density at radius 3 is 2.38 bits per heavy atom. The van der Waals surface area contributed by atoms with Crippen molar-refractivity contribution in [3.8, 4) is 0 Å². The van der Waals surface area contributed by atoms with E-state index in [4.69, 9.17) is 4.74 Å². The third-order valence-corrected chi connectivity index (χ3v) is 4.52. The van der Waals surface area contributed by atoms with Crippen LogP contribution in [0, 0.1) is 6.92 Å². The Labute approximate surface area is 143 Å². The van der Waals surface area contributed by atoms with Gasteiger partial charge in [0.1, 0.15) is 0 Å². The Kier molecular flexibility index (Phi) is 5.16. The van der Waals surface area contributed by atoms with Crippen molar-refractivity contribution in [1.29, 1.82) is 0 Å². The zero-order valence-corrected chi connectivity index (χ0v) is 14.4. The van der Waals surface area contributed by atoms with Crippen molar-refractivity contribution in [2.24, 2.45) is 0 Å². The van der Waals surface area contributed by atoms with E-state index in [1.807, 2.05) is 24.3 Å². The fourth-order valence-corrected chi connectivity index (χ4v) is 3.11. The Bertz CT molecular complexity index is 689. The summed E-state index contributed by atoms with van der Waals surface area (Å²) >= 11 is 0. The van der Waals surface area contributed by atoms with Crippen LogP contribution in [-0.4, -0.2) is 44.2 Å². The van der Waals surface area contributed by atoms with Crippen LogP contribution in [0.15, 0.2) is 48.5 Å². The van der Waals surface area contributed by atoms with Crippen molar-refractivity contribution in [3.63, 3.8) is 0 Å². The molecule has 1 fully saturated rings. The molecule has 1 saturated heterocycles. The number of hydrogen-bond acceptors (Lipinski definition) is 4. The van der Waals surface area contributed by atoms with E-state index in [0.717, 1.165) is 32.7 Å². The summed E-state index contributed by atoms with van der Waals surface area (Å²) in [5.41, 5.74) is 4.45. The highest BCUT2D eigenvalue weighted by Gasteiger charge is 2.17. The van der Waals surface area contributed by atoms with Gasteiger partial charge in [-0.25, -0.2) is 4.79 Å². The van der Waals surface area contributed by atoms with Gasteiger partial charge in [-0.2, -0.15) is 0 Å². The number of hydrogen-bond donors (Lipinski definition) is 0. The molecule has 1 aliphatic heterocycles. The van der Waals surface area contributed by atoms with E-state index >= 15 is 0 Å². The van der Waals surface area contributed by atoms with Crippen LogP contribution in [0.2, 0.25) is 0 Å². The summed E-state index contributed by atoms with van der Waals surface area (Å²) in [5, 5.41) is 0. The second kappa shape index (κ2) is 7.49. The number of esters is 1. The summed E-state index contributed by atoms with van der Waals surface area (Å²) in [5.74, 6) is -0.284. The molecule has 0 spiro atoms. The highest BCUT2D eigenvalue weighted by molar-refractivity contribution is 5.89. The van der Waals surface area contributed by atoms with E-state index in [0.29, 0.717) is 5.56 Å². The minimum atomic E-state index is -0.284. The molecule has 0 aliphatic carbocycles. The number of carbonyl (C=O) groups excluding carboxylic acids is 1. The predicted octanol–water partition coefficient (Wildman–Crippen LogP) is 3.10. The number of anilines is 1. The van der Waals surface area contributed by atoms with E-state index in [2.05, 4.69) is 41.0 Å². The summed E-state index contributed by atoms with van der Waals surface area (Å²) < 4.78 is 4.73. The van der Waals surface area contributed by atoms with E-state index in [1.54, 1.807) is 0 Å². The maximum absolute atomic E-state index is 11.5. The van der Waals surface area contributed by atoms with Gasteiger partial charge in [-0.1, -0.05) is 24.3 Å². The lowest BCUT2D eigenvalue weighted by Gasteiger charge is -2.36. The summed E-state index contributed by atoms with van der Waals surface area (Å²) in [6, 6.07) is 16.4. The highest BCUT2D eigenvalue weighted by atomic mass is 16.5. The van der Waals surface area contributed by atoms with Crippen molar-refractivity contribution in [2.75, 3.05) is 38.2 Å². The van der Waals surface area contributed by atoms with Gasteiger partial charge in [0.25, 0.3) is 0 Å². The molecule has 0 aromatic heterocycles. The highest BCUT2D eigenvalue weighted by Crippen LogP contribution is 2.18. The van der Waals surface area contributed by atoms with Crippen molar-refractivity contribution in [2.45, 2.75) is 13.5 Å². The van der Waals surface area contributed by atoms with E-state index in [9.17, 15) is 4.79 Å². The van der Waals surface area contributed by atoms with E-state index < -0.39 is 0 Å². The Morgan fingerprint density at radius 1 is 1.04 bits per heavy atom. The smallest absolute Gasteiger partial charge is 0.337 e. The van der Waals surface area contributed by atoms with Gasteiger partial charge in [-0.15, -0.1) is 0 Å². The number of piperazine rings is 1. The maximum Gasteiger partial charge on any atom is 0.337 e. The molecule has 0 bridgehead atoms. The zero-order chi connectivity index (χ0) is 16.9. The standard InChI is InChI=1S/C20H24N2O2/c1-16-4-3-5-19(14-16)22-12-10-21(11-13-22)15-17-6-8-18(9-7-17)20(23)24-2/h3-9,14H,10-13,15H2,1-2H3. The lowest BCUT2D eigenvalue weighted by molar-refractivity contribution is 0.0600. The molecule has 4 nitrogen and oxygen atoms in total. The van der Waals surface area contributed by atoms with Gasteiger partial charge in [0, 0.05) is 38.4 Å². The molecule has 2 aromatic rings. The van der Waals surface area contributed by atoms with Gasteiger partial charge in [0.15, 0.2) is 0 Å². The number of ether oxygens (including phenoxy) is 1. The molecule has 1 heterocycles. The van der Waals surface area contributed by atoms with Crippen molar-refractivity contribution < 1.29 is 9.53 Å². The SMILES string of the molecule is COC(=O)c1ccc(CN2CCN(c3cccc(C)c3)CC2)cc1. The van der Waals surface area contributed by atoms with Crippen molar-refractivity contribution in [1.82, 2.24) is 4.90 Å². The Morgan fingerprint density at radius 2 is 1.75 bits per heavy atom. The van der Waals surface area contributed by atoms with Gasteiger partial charge in [0.05, 0.1) is 12.7 Å². The van der Waals surface area contributed by atoms with Gasteiger partial charge in [0.2, 0.25) is 0 Å². The van der Waals surface area contributed by atoms with Crippen LogP contribution >= 0.6 is 0 Å². The number of carbonyl (C=O) groups is 1. The van der Waals surface area contributed by atoms with Gasteiger partial charge >= 0.3 is 5.97 Å². The fraction of sp³-hybridized carbons (Fsp3) is 0.350. The lowest BCUT2D eigenvalue weighted by atomic mass is 10.1. The van der Waals surface area contributed by atoms with Crippen LogP contribution in [0.1, 0.15) is 21.5 Å². The Balaban J connectivity index is 1.54. The molecular formula is C20H24N2O2. The minimum absolute atomic E-state index is 0.284. The summed E-state index contributed by atoms with van der Waals surface area (Å²) in [7, 11) is 1.41. The second-order valence-corrected chi connectivity index (χ2v) is 6.29. The van der Waals surface area contributed by atoms with Gasteiger partial charge in [-0.05, 0) is 42.3 Å². The van der Waals surface area contributed by atoms with Gasteiger partial charge < -0.3 is 9.64 Å². The summed E-state index contributed by atoms with van der Waals surface area (Å²) in [4.78, 5) is 16.4. The third kappa shape index (κ3) is 3.95. The quantitative estimate of drug-likeness (QED) is 0.809. The van der Waals surface area contributed by atoms with E-state index in [-0.39, 0.29) is 5.97 Å². The largest absolute Gasteiger partial charge is 0.465 e. The molecule has 0 saturated carbocycles. The average molecular weight is 324 g/mol. The van der Waals surface area contributed by atoms with Gasteiger partial charge in [-0.3, -0.25) is 4.90 Å². The van der Waals surface area contributed by atoms with Crippen LogP contribution in [0.4, 0.5) is 5.69 Å². The molecule has 0 atom stereocenters. The summed E-state index contributed by atoms with van der Waals surface area (Å²) in [6.45, 7) is 7.24. The van der Waals surface area contributed by atoms with Crippen LogP contribution in [-0.2, 0) is 11.3 Å². The zero-order valence-electron chi connectivity index (χ0n) is 14.4. The molecule has 3 rings (SSSR count). The maximum atomic E-state index is 11.5. The number of benzene rings is 2. The predicted molar refractivity (Wildman–Crippen MR) is 96.5 cm³/mol. The van der Waals surface area contributed by atoms with E-state index in [1.165, 1.54) is 23.9 Å². The molecule has 1 aliphatic rings. The fourth-order valence-electron chi connectivity index (χ4n) is 3.11. The number of nitrogens with zero attached hydrogens (tertiary/aromatic N) is 2. The molecule has 4 heteroatoms. The first-order chi connectivity index (χ1) is 11.7. The Hall–Kier alpha value is -2.33. The molecule has 126 valence electrons. The van der Waals surface area contributed by atoms with Crippen LogP contribution in [0.25, 0.3) is 0 Å². The van der Waals surface area contributed by atoms with Crippen LogP contribution in [0.3, 0.4) is 0 Å². The number of methoxy groups -OCH3 is 1. The normalized spacial score (nSPS) is 15.3. The van der Waals surface area contributed by atoms with Crippen LogP contribution in [0.5, 0.6) is 0 Å². The monoisotopic (exact) mass is 324 g/mol. The second-order valence-electron chi connectivity index (χ2n) is 6.29. The molecule has 0 unspecified atom stereocenters. The lowest BCUT2D eigenvalue weighted by Crippen LogP contribution is -2.45.